The Morgan fingerprint density at radius 2 is 2.47 bits per heavy atom. The Morgan fingerprint density at radius 3 is 3.24 bits per heavy atom. The molecule has 1 fully saturated rings. The summed E-state index contributed by atoms with van der Waals surface area (Å²) in [4.78, 5) is 4.57. The minimum atomic E-state index is 0.553. The van der Waals surface area contributed by atoms with Gasteiger partial charge in [-0.25, -0.2) is 9.50 Å². The largest absolute Gasteiger partial charge is 0.326 e. The van der Waals surface area contributed by atoms with Gasteiger partial charge in [0, 0.05) is 24.4 Å². The fraction of sp³-hybridized carbons (Fsp3) is 0.500. The molecular weight excluding hydrogens is 232 g/mol. The van der Waals surface area contributed by atoms with E-state index in [4.69, 9.17) is 5.73 Å². The highest BCUT2D eigenvalue weighted by atomic mass is 32.2. The number of pyridine rings is 1. The second kappa shape index (κ2) is 4.66. The number of hydrogen-bond acceptors (Lipinski definition) is 4. The lowest BCUT2D eigenvalue weighted by Crippen LogP contribution is -2.03. The topological polar surface area (TPSA) is 56.2 Å². The van der Waals surface area contributed by atoms with Crippen molar-refractivity contribution < 1.29 is 0 Å². The van der Waals surface area contributed by atoms with Crippen LogP contribution in [0.2, 0.25) is 0 Å². The second-order valence-electron chi connectivity index (χ2n) is 4.41. The second-order valence-corrected chi connectivity index (χ2v) is 5.82. The Balaban J connectivity index is 1.85. The quantitative estimate of drug-likeness (QED) is 0.897. The summed E-state index contributed by atoms with van der Waals surface area (Å²) in [6.45, 7) is 0.553. The number of fused-ring (bicyclic) bond motifs is 1. The zero-order valence-corrected chi connectivity index (χ0v) is 10.5. The molecule has 17 heavy (non-hydrogen) atoms. The minimum absolute atomic E-state index is 0.553. The Labute approximate surface area is 105 Å². The highest BCUT2D eigenvalue weighted by molar-refractivity contribution is 8.00. The number of nitrogens with zero attached hydrogens (tertiary/aromatic N) is 3. The van der Waals surface area contributed by atoms with Crippen LogP contribution < -0.4 is 5.73 Å². The van der Waals surface area contributed by atoms with E-state index >= 15 is 0 Å². The molecule has 1 atom stereocenters. The van der Waals surface area contributed by atoms with Gasteiger partial charge in [-0.2, -0.15) is 16.9 Å². The molecule has 3 rings (SSSR count). The zero-order valence-electron chi connectivity index (χ0n) is 9.67. The Bertz CT molecular complexity index is 516. The van der Waals surface area contributed by atoms with Gasteiger partial charge in [-0.05, 0) is 36.3 Å². The van der Waals surface area contributed by atoms with Crippen LogP contribution in [0.5, 0.6) is 0 Å². The number of aromatic nitrogens is 3. The third-order valence-corrected chi connectivity index (χ3v) is 4.51. The lowest BCUT2D eigenvalue weighted by molar-refractivity contribution is 0.741. The van der Waals surface area contributed by atoms with Crippen molar-refractivity contribution in [3.63, 3.8) is 0 Å². The SMILES string of the molecule is NCc1ccn2nc(CC3CCCS3)nc2c1. The summed E-state index contributed by atoms with van der Waals surface area (Å²) in [6, 6.07) is 4.01. The van der Waals surface area contributed by atoms with Crippen LogP contribution in [0.25, 0.3) is 5.65 Å². The van der Waals surface area contributed by atoms with Crippen LogP contribution in [0, 0.1) is 0 Å². The van der Waals surface area contributed by atoms with Crippen molar-refractivity contribution in [2.75, 3.05) is 5.75 Å². The lowest BCUT2D eigenvalue weighted by Gasteiger charge is -2.02. The summed E-state index contributed by atoms with van der Waals surface area (Å²) >= 11 is 2.05. The average Bonchev–Trinajstić information content (AvgIpc) is 2.96. The summed E-state index contributed by atoms with van der Waals surface area (Å²) < 4.78 is 1.84. The van der Waals surface area contributed by atoms with Gasteiger partial charge in [0.1, 0.15) is 0 Å². The average molecular weight is 248 g/mol. The van der Waals surface area contributed by atoms with E-state index < -0.39 is 0 Å². The zero-order chi connectivity index (χ0) is 11.7. The monoisotopic (exact) mass is 248 g/mol. The van der Waals surface area contributed by atoms with Gasteiger partial charge in [-0.3, -0.25) is 0 Å². The van der Waals surface area contributed by atoms with Gasteiger partial charge in [0.25, 0.3) is 0 Å². The van der Waals surface area contributed by atoms with E-state index in [1.165, 1.54) is 18.6 Å². The van der Waals surface area contributed by atoms with Crippen LogP contribution in [-0.4, -0.2) is 25.6 Å². The molecule has 0 amide bonds. The normalized spacial score (nSPS) is 20.2. The third-order valence-electron chi connectivity index (χ3n) is 3.12. The van der Waals surface area contributed by atoms with Crippen LogP contribution in [0.3, 0.4) is 0 Å². The van der Waals surface area contributed by atoms with E-state index in [9.17, 15) is 0 Å². The van der Waals surface area contributed by atoms with Crippen LogP contribution in [0.15, 0.2) is 18.3 Å². The fourth-order valence-corrected chi connectivity index (χ4v) is 3.46. The number of hydrogen-bond donors (Lipinski definition) is 1. The van der Waals surface area contributed by atoms with E-state index in [1.807, 2.05) is 34.6 Å². The van der Waals surface area contributed by atoms with Gasteiger partial charge in [-0.1, -0.05) is 0 Å². The first kappa shape index (κ1) is 11.0. The molecule has 1 saturated heterocycles. The molecule has 0 spiro atoms. The van der Waals surface area contributed by atoms with Crippen LogP contribution >= 0.6 is 11.8 Å². The first-order chi connectivity index (χ1) is 8.35. The molecule has 0 radical (unpaired) electrons. The van der Waals surface area contributed by atoms with Gasteiger partial charge in [0.15, 0.2) is 11.5 Å². The first-order valence-corrected chi connectivity index (χ1v) is 7.06. The van der Waals surface area contributed by atoms with E-state index in [0.717, 1.165) is 23.5 Å². The smallest absolute Gasteiger partial charge is 0.155 e. The molecule has 2 aromatic rings. The van der Waals surface area contributed by atoms with Gasteiger partial charge < -0.3 is 5.73 Å². The van der Waals surface area contributed by atoms with E-state index in [-0.39, 0.29) is 0 Å². The van der Waals surface area contributed by atoms with Crippen molar-refractivity contribution in [1.29, 1.82) is 0 Å². The van der Waals surface area contributed by atoms with Gasteiger partial charge in [0.05, 0.1) is 0 Å². The summed E-state index contributed by atoms with van der Waals surface area (Å²) in [5.74, 6) is 2.24. The molecule has 90 valence electrons. The molecular formula is C12H16N4S. The van der Waals surface area contributed by atoms with E-state index in [2.05, 4.69) is 10.1 Å². The predicted octanol–water partition coefficient (Wildman–Crippen LogP) is 1.63. The van der Waals surface area contributed by atoms with Gasteiger partial charge in [-0.15, -0.1) is 0 Å². The highest BCUT2D eigenvalue weighted by Gasteiger charge is 2.18. The summed E-state index contributed by atoms with van der Waals surface area (Å²) in [6.07, 6.45) is 5.56. The molecule has 1 unspecified atom stereocenters. The molecule has 5 heteroatoms. The van der Waals surface area contributed by atoms with Crippen LogP contribution in [0.4, 0.5) is 0 Å². The maximum Gasteiger partial charge on any atom is 0.155 e. The maximum atomic E-state index is 5.62. The maximum absolute atomic E-state index is 5.62. The third kappa shape index (κ3) is 2.30. The van der Waals surface area contributed by atoms with Crippen molar-refractivity contribution in [1.82, 2.24) is 14.6 Å². The molecule has 2 N–H and O–H groups in total. The van der Waals surface area contributed by atoms with Gasteiger partial charge >= 0.3 is 0 Å². The number of nitrogens with two attached hydrogens (primary N) is 1. The van der Waals surface area contributed by atoms with E-state index in [1.54, 1.807) is 0 Å². The van der Waals surface area contributed by atoms with Crippen molar-refractivity contribution in [2.45, 2.75) is 31.1 Å². The fourth-order valence-electron chi connectivity index (χ4n) is 2.19. The first-order valence-electron chi connectivity index (χ1n) is 6.01. The van der Waals surface area contributed by atoms with E-state index in [0.29, 0.717) is 11.8 Å². The van der Waals surface area contributed by atoms with Crippen molar-refractivity contribution in [3.8, 4) is 0 Å². The minimum Gasteiger partial charge on any atom is -0.326 e. The molecule has 0 bridgehead atoms. The van der Waals surface area contributed by atoms with Crippen molar-refractivity contribution in [2.24, 2.45) is 5.73 Å². The standard InChI is InChI=1S/C12H16N4S/c13-8-9-3-4-16-12(6-9)14-11(15-16)7-10-2-1-5-17-10/h3-4,6,10H,1-2,5,7-8,13H2. The Hall–Kier alpha value is -1.07. The predicted molar refractivity (Wildman–Crippen MR) is 70.1 cm³/mol. The molecule has 0 aliphatic carbocycles. The molecule has 3 heterocycles. The molecule has 1 aliphatic rings. The molecule has 0 aromatic carbocycles. The molecule has 0 saturated carbocycles. The molecule has 4 nitrogen and oxygen atoms in total. The van der Waals surface area contributed by atoms with Crippen LogP contribution in [0.1, 0.15) is 24.2 Å². The lowest BCUT2D eigenvalue weighted by atomic mass is 10.2. The Kier molecular flexibility index (Phi) is 3.03. The molecule has 1 aliphatic heterocycles. The number of rotatable bonds is 3. The number of thioether (sulfide) groups is 1. The Morgan fingerprint density at radius 1 is 1.53 bits per heavy atom. The highest BCUT2D eigenvalue weighted by Crippen LogP contribution is 2.28. The summed E-state index contributed by atoms with van der Waals surface area (Å²) in [5.41, 5.74) is 7.63. The van der Waals surface area contributed by atoms with Gasteiger partial charge in [0.2, 0.25) is 0 Å². The summed E-state index contributed by atoms with van der Waals surface area (Å²) in [5, 5.41) is 5.21. The summed E-state index contributed by atoms with van der Waals surface area (Å²) in [7, 11) is 0. The van der Waals surface area contributed by atoms with Crippen molar-refractivity contribution in [3.05, 3.63) is 29.7 Å². The molecule has 2 aromatic heterocycles. The van der Waals surface area contributed by atoms with Crippen LogP contribution in [-0.2, 0) is 13.0 Å². The van der Waals surface area contributed by atoms with Crippen molar-refractivity contribution >= 4 is 17.4 Å².